The van der Waals surface area contributed by atoms with Crippen molar-refractivity contribution < 1.29 is 14.7 Å². The molecule has 0 fully saturated rings. The summed E-state index contributed by atoms with van der Waals surface area (Å²) >= 11 is 7.83. The van der Waals surface area contributed by atoms with Gasteiger partial charge < -0.3 is 14.7 Å². The molecule has 0 aromatic heterocycles. The summed E-state index contributed by atoms with van der Waals surface area (Å²) in [5.41, 5.74) is 4.68. The van der Waals surface area contributed by atoms with Crippen LogP contribution >= 0.6 is 23.5 Å². The van der Waals surface area contributed by atoms with Gasteiger partial charge in [0, 0.05) is 22.5 Å². The van der Waals surface area contributed by atoms with E-state index < -0.39 is 5.97 Å². The zero-order valence-corrected chi connectivity index (χ0v) is 20.0. The van der Waals surface area contributed by atoms with Crippen molar-refractivity contribution >= 4 is 47.2 Å². The second-order valence-electron chi connectivity index (χ2n) is 7.51. The quantitative estimate of drug-likeness (QED) is 0.295. The van der Waals surface area contributed by atoms with Crippen molar-refractivity contribution in [1.82, 2.24) is 5.32 Å². The molecule has 0 saturated heterocycles. The highest BCUT2D eigenvalue weighted by molar-refractivity contribution is 8.00. The second-order valence-corrected chi connectivity index (χ2v) is 9.02. The van der Waals surface area contributed by atoms with Crippen LogP contribution < -0.4 is 9.62 Å². The molecule has 0 radical (unpaired) electrons. The normalized spacial score (nSPS) is 10.9. The number of hydrogen-bond acceptors (Lipinski definition) is 4. The maximum absolute atomic E-state index is 12.8. The van der Waals surface area contributed by atoms with Gasteiger partial charge in [-0.15, -0.1) is 0 Å². The third-order valence-corrected chi connectivity index (χ3v) is 6.36. The number of carbonyl (C=O) groups is 2. The van der Waals surface area contributed by atoms with Crippen molar-refractivity contribution in [2.75, 3.05) is 10.8 Å². The van der Waals surface area contributed by atoms with Gasteiger partial charge in [0.05, 0.1) is 5.69 Å². The Bertz CT molecular complexity index is 1150. The molecule has 0 heterocycles. The Morgan fingerprint density at radius 1 is 1.03 bits per heavy atom. The minimum Gasteiger partial charge on any atom is -0.478 e. The number of aryl methyl sites for hydroxylation is 1. The van der Waals surface area contributed by atoms with Crippen LogP contribution in [0.1, 0.15) is 22.3 Å². The van der Waals surface area contributed by atoms with E-state index in [9.17, 15) is 9.59 Å². The summed E-state index contributed by atoms with van der Waals surface area (Å²) in [5, 5.41) is 12.3. The van der Waals surface area contributed by atoms with E-state index in [-0.39, 0.29) is 12.5 Å². The van der Waals surface area contributed by atoms with E-state index in [2.05, 4.69) is 5.32 Å². The van der Waals surface area contributed by atoms with E-state index in [1.165, 1.54) is 23.6 Å². The van der Waals surface area contributed by atoms with E-state index >= 15 is 0 Å². The number of anilines is 1. The number of aliphatic carboxylic acids is 1. The van der Waals surface area contributed by atoms with Crippen LogP contribution in [0.15, 0.2) is 77.7 Å². The zero-order chi connectivity index (χ0) is 23.8. The summed E-state index contributed by atoms with van der Waals surface area (Å²) < 4.78 is 1.95. The number of nitrogens with zero attached hydrogens (tertiary/aromatic N) is 1. The fourth-order valence-corrected chi connectivity index (χ4v) is 4.22. The summed E-state index contributed by atoms with van der Waals surface area (Å²) in [6.45, 7) is 4.51. The topological polar surface area (TPSA) is 69.6 Å². The largest absolute Gasteiger partial charge is 0.478 e. The van der Waals surface area contributed by atoms with Crippen LogP contribution in [0.3, 0.4) is 0 Å². The Labute approximate surface area is 203 Å². The van der Waals surface area contributed by atoms with Crippen LogP contribution in [0.5, 0.6) is 0 Å². The first-order valence-corrected chi connectivity index (χ1v) is 11.5. The molecule has 0 aliphatic heterocycles. The molecular weight excluding hydrogens is 456 g/mol. The third-order valence-electron chi connectivity index (χ3n) is 4.92. The second kappa shape index (κ2) is 11.6. The smallest absolute Gasteiger partial charge is 0.328 e. The Morgan fingerprint density at radius 2 is 1.73 bits per heavy atom. The van der Waals surface area contributed by atoms with Crippen molar-refractivity contribution in [2.45, 2.75) is 25.3 Å². The molecule has 0 unspecified atom stereocenters. The van der Waals surface area contributed by atoms with E-state index in [0.717, 1.165) is 33.3 Å². The summed E-state index contributed by atoms with van der Waals surface area (Å²) in [5.74, 6) is -1.11. The molecule has 170 valence electrons. The van der Waals surface area contributed by atoms with Crippen LogP contribution in [0.4, 0.5) is 5.69 Å². The number of carboxylic acids is 1. The van der Waals surface area contributed by atoms with Crippen LogP contribution in [0.25, 0.3) is 6.08 Å². The zero-order valence-electron chi connectivity index (χ0n) is 18.4. The van der Waals surface area contributed by atoms with Gasteiger partial charge in [-0.2, -0.15) is 0 Å². The fourth-order valence-electron chi connectivity index (χ4n) is 3.06. The number of carboxylic acid groups (broad SMARTS) is 1. The minimum absolute atomic E-state index is 0.121. The van der Waals surface area contributed by atoms with Crippen molar-refractivity contribution in [3.8, 4) is 0 Å². The molecule has 0 aliphatic carbocycles. The number of benzene rings is 3. The highest BCUT2D eigenvalue weighted by Crippen LogP contribution is 2.34. The predicted octanol–water partition coefficient (Wildman–Crippen LogP) is 5.88. The van der Waals surface area contributed by atoms with Gasteiger partial charge in [-0.1, -0.05) is 59.6 Å². The summed E-state index contributed by atoms with van der Waals surface area (Å²) in [4.78, 5) is 24.5. The minimum atomic E-state index is -0.991. The highest BCUT2D eigenvalue weighted by Gasteiger charge is 2.17. The van der Waals surface area contributed by atoms with Crippen LogP contribution in [0.2, 0.25) is 5.02 Å². The number of carbonyl (C=O) groups excluding carboxylic acids is 1. The standard InChI is InChI=1S/C26H25ClN2O3S/c1-18-6-13-22(14-7-18)33-29(24-5-3-4-23(27)19(24)2)17-25(30)28-16-21-10-8-20(9-11-21)12-15-26(31)32/h3-15H,16-17H2,1-2H3,(H,28,30)(H,31,32)/b15-12+. The number of amides is 1. The van der Waals surface area contributed by atoms with Crippen LogP contribution in [0, 0.1) is 13.8 Å². The van der Waals surface area contributed by atoms with Gasteiger partial charge in [0.1, 0.15) is 6.54 Å². The van der Waals surface area contributed by atoms with Gasteiger partial charge in [0.25, 0.3) is 0 Å². The molecule has 0 atom stereocenters. The van der Waals surface area contributed by atoms with Gasteiger partial charge in [-0.05, 0) is 72.8 Å². The van der Waals surface area contributed by atoms with E-state index in [1.54, 1.807) is 0 Å². The molecular formula is C26H25ClN2O3S. The predicted molar refractivity (Wildman–Crippen MR) is 136 cm³/mol. The summed E-state index contributed by atoms with van der Waals surface area (Å²) in [6, 6.07) is 21.2. The Hall–Kier alpha value is -3.22. The molecule has 33 heavy (non-hydrogen) atoms. The number of rotatable bonds is 9. The summed E-state index contributed by atoms with van der Waals surface area (Å²) in [7, 11) is 0. The van der Waals surface area contributed by atoms with Gasteiger partial charge in [0.2, 0.25) is 5.91 Å². The van der Waals surface area contributed by atoms with Crippen LogP contribution in [-0.4, -0.2) is 23.5 Å². The molecule has 5 nitrogen and oxygen atoms in total. The van der Waals surface area contributed by atoms with Crippen molar-refractivity contribution in [3.05, 3.63) is 100 Å². The molecule has 2 N–H and O–H groups in total. The lowest BCUT2D eigenvalue weighted by Crippen LogP contribution is -2.33. The molecule has 3 aromatic carbocycles. The average molecular weight is 481 g/mol. The fraction of sp³-hybridized carbons (Fsp3) is 0.154. The van der Waals surface area contributed by atoms with Crippen LogP contribution in [-0.2, 0) is 16.1 Å². The van der Waals surface area contributed by atoms with Gasteiger partial charge in [-0.25, -0.2) is 4.79 Å². The number of halogens is 1. The Kier molecular flexibility index (Phi) is 8.58. The maximum Gasteiger partial charge on any atom is 0.328 e. The molecule has 0 spiro atoms. The monoisotopic (exact) mass is 480 g/mol. The first-order chi connectivity index (χ1) is 15.8. The maximum atomic E-state index is 12.8. The summed E-state index contributed by atoms with van der Waals surface area (Å²) in [6.07, 6.45) is 2.62. The Morgan fingerprint density at radius 3 is 2.39 bits per heavy atom. The molecule has 0 saturated carbocycles. The molecule has 7 heteroatoms. The third kappa shape index (κ3) is 7.41. The highest BCUT2D eigenvalue weighted by atomic mass is 35.5. The van der Waals surface area contributed by atoms with Crippen molar-refractivity contribution in [1.29, 1.82) is 0 Å². The van der Waals surface area contributed by atoms with Gasteiger partial charge >= 0.3 is 5.97 Å². The first-order valence-electron chi connectivity index (χ1n) is 10.4. The number of nitrogens with one attached hydrogen (secondary N) is 1. The van der Waals surface area contributed by atoms with Crippen molar-refractivity contribution in [3.63, 3.8) is 0 Å². The van der Waals surface area contributed by atoms with Gasteiger partial charge in [-0.3, -0.25) is 4.79 Å². The lowest BCUT2D eigenvalue weighted by molar-refractivity contribution is -0.131. The number of hydrogen-bond donors (Lipinski definition) is 2. The van der Waals surface area contributed by atoms with Gasteiger partial charge in [0.15, 0.2) is 0 Å². The molecule has 3 rings (SSSR count). The molecule has 0 aliphatic rings. The first kappa shape index (κ1) is 24.4. The van der Waals surface area contributed by atoms with E-state index in [1.807, 2.05) is 84.9 Å². The lowest BCUT2D eigenvalue weighted by atomic mass is 10.1. The molecule has 3 aromatic rings. The molecule has 1 amide bonds. The molecule has 0 bridgehead atoms. The average Bonchev–Trinajstić information content (AvgIpc) is 2.80. The van der Waals surface area contributed by atoms with E-state index in [0.29, 0.717) is 11.6 Å². The van der Waals surface area contributed by atoms with E-state index in [4.69, 9.17) is 16.7 Å². The SMILES string of the molecule is Cc1ccc(SN(CC(=O)NCc2ccc(/C=C/C(=O)O)cc2)c2cccc(Cl)c2C)cc1. The lowest BCUT2D eigenvalue weighted by Gasteiger charge is -2.25. The Balaban J connectivity index is 1.68. The van der Waals surface area contributed by atoms with Crippen molar-refractivity contribution in [2.24, 2.45) is 0 Å².